The number of halogens is 1. The second kappa shape index (κ2) is 13.4. The lowest BCUT2D eigenvalue weighted by atomic mass is 10.0. The van der Waals surface area contributed by atoms with Crippen molar-refractivity contribution in [1.29, 1.82) is 0 Å². The van der Waals surface area contributed by atoms with Gasteiger partial charge in [-0.2, -0.15) is 0 Å². The van der Waals surface area contributed by atoms with Crippen LogP contribution < -0.4 is 0 Å². The monoisotopic (exact) mass is 431 g/mol. The predicted molar refractivity (Wildman–Crippen MR) is 134 cm³/mol. The van der Waals surface area contributed by atoms with Crippen molar-refractivity contribution in [2.24, 2.45) is 0 Å². The summed E-state index contributed by atoms with van der Waals surface area (Å²) in [6.07, 6.45) is 12.9. The predicted octanol–water partition coefficient (Wildman–Crippen LogP) is 8.58. The minimum atomic E-state index is 0.0388. The summed E-state index contributed by atoms with van der Waals surface area (Å²) in [4.78, 5) is 0. The molecule has 0 radical (unpaired) electrons. The molecule has 0 amide bonds. The van der Waals surface area contributed by atoms with Gasteiger partial charge in [-0.1, -0.05) is 93.6 Å². The molecule has 0 saturated heterocycles. The molecule has 2 rings (SSSR count). The Morgan fingerprint density at radius 1 is 0.793 bits per heavy atom. The summed E-state index contributed by atoms with van der Waals surface area (Å²) in [7, 11) is 0.459. The highest BCUT2D eigenvalue weighted by Crippen LogP contribution is 2.30. The zero-order valence-corrected chi connectivity index (χ0v) is 20.5. The first-order valence-electron chi connectivity index (χ1n) is 11.5. The van der Waals surface area contributed by atoms with Gasteiger partial charge in [0.05, 0.1) is 11.6 Å². The van der Waals surface area contributed by atoms with E-state index in [-0.39, 0.29) is 5.38 Å². The van der Waals surface area contributed by atoms with Gasteiger partial charge in [-0.15, -0.1) is 11.6 Å². The van der Waals surface area contributed by atoms with E-state index < -0.39 is 0 Å². The van der Waals surface area contributed by atoms with Crippen LogP contribution in [-0.4, -0.2) is 12.0 Å². The van der Waals surface area contributed by atoms with Crippen molar-refractivity contribution in [2.45, 2.75) is 82.8 Å². The van der Waals surface area contributed by atoms with Gasteiger partial charge in [-0.3, -0.25) is 0 Å². The van der Waals surface area contributed by atoms with Crippen LogP contribution in [0.15, 0.2) is 48.5 Å². The van der Waals surface area contributed by atoms with E-state index in [2.05, 4.69) is 75.6 Å². The molecule has 0 nitrogen and oxygen atoms in total. The Morgan fingerprint density at radius 3 is 2.00 bits per heavy atom. The second-order valence-corrected chi connectivity index (χ2v) is 11.3. The standard InChI is InChI=1S/C27H40ClS/c1-5-7-8-9-10-11-20-29(4)27(6-2)25-18-14-23(15-19-25)21-26(28)24-16-12-22(3)13-17-24/h12-19,26-27H,5-11,20-21H2,1-4H3/q+1. The van der Waals surface area contributed by atoms with E-state index in [1.165, 1.54) is 73.0 Å². The van der Waals surface area contributed by atoms with Gasteiger partial charge in [-0.05, 0) is 54.6 Å². The molecule has 0 spiro atoms. The van der Waals surface area contributed by atoms with Crippen LogP contribution in [0, 0.1) is 6.92 Å². The number of alkyl halides is 1. The number of hydrogen-bond donors (Lipinski definition) is 0. The van der Waals surface area contributed by atoms with Crippen LogP contribution in [0.3, 0.4) is 0 Å². The minimum absolute atomic E-state index is 0.0388. The summed E-state index contributed by atoms with van der Waals surface area (Å²) >= 11 is 6.68. The average Bonchev–Trinajstić information content (AvgIpc) is 2.73. The van der Waals surface area contributed by atoms with Gasteiger partial charge >= 0.3 is 0 Å². The maximum absolute atomic E-state index is 6.68. The van der Waals surface area contributed by atoms with Crippen LogP contribution in [-0.2, 0) is 17.3 Å². The smallest absolute Gasteiger partial charge is 0.117 e. The summed E-state index contributed by atoms with van der Waals surface area (Å²) in [6.45, 7) is 6.75. The van der Waals surface area contributed by atoms with Crippen LogP contribution in [0.4, 0.5) is 0 Å². The lowest BCUT2D eigenvalue weighted by Gasteiger charge is -2.16. The third-order valence-corrected chi connectivity index (χ3v) is 8.80. The summed E-state index contributed by atoms with van der Waals surface area (Å²) in [5.74, 6) is 1.38. The highest BCUT2D eigenvalue weighted by molar-refractivity contribution is 7.96. The topological polar surface area (TPSA) is 0 Å². The molecular formula is C27H40ClS+. The van der Waals surface area contributed by atoms with Crippen molar-refractivity contribution in [1.82, 2.24) is 0 Å². The first-order chi connectivity index (χ1) is 14.0. The van der Waals surface area contributed by atoms with E-state index in [1.54, 1.807) is 0 Å². The minimum Gasteiger partial charge on any atom is -0.117 e. The summed E-state index contributed by atoms with van der Waals surface area (Å²) in [5.41, 5.74) is 5.33. The number of hydrogen-bond acceptors (Lipinski definition) is 0. The lowest BCUT2D eigenvalue weighted by molar-refractivity contribution is 0.626. The Morgan fingerprint density at radius 2 is 1.38 bits per heavy atom. The Bertz CT molecular complexity index is 677. The Kier molecular flexibility index (Phi) is 11.2. The van der Waals surface area contributed by atoms with Crippen molar-refractivity contribution >= 4 is 22.5 Å². The molecule has 3 unspecified atom stereocenters. The molecule has 0 aliphatic carbocycles. The van der Waals surface area contributed by atoms with E-state index in [4.69, 9.17) is 11.6 Å². The van der Waals surface area contributed by atoms with Crippen LogP contribution >= 0.6 is 11.6 Å². The molecule has 0 N–H and O–H groups in total. The van der Waals surface area contributed by atoms with E-state index in [9.17, 15) is 0 Å². The van der Waals surface area contributed by atoms with E-state index >= 15 is 0 Å². The molecule has 29 heavy (non-hydrogen) atoms. The molecule has 2 heteroatoms. The quantitative estimate of drug-likeness (QED) is 0.169. The normalized spacial score (nSPS) is 14.5. The number of unbranched alkanes of at least 4 members (excludes halogenated alkanes) is 5. The van der Waals surface area contributed by atoms with Gasteiger partial charge in [0.25, 0.3) is 0 Å². The molecule has 0 aliphatic heterocycles. The van der Waals surface area contributed by atoms with Gasteiger partial charge in [0.1, 0.15) is 11.0 Å². The fourth-order valence-corrected chi connectivity index (χ4v) is 6.43. The van der Waals surface area contributed by atoms with Crippen molar-refractivity contribution in [3.05, 3.63) is 70.8 Å². The van der Waals surface area contributed by atoms with Gasteiger partial charge in [0.2, 0.25) is 0 Å². The van der Waals surface area contributed by atoms with E-state index in [0.717, 1.165) is 6.42 Å². The first kappa shape index (κ1) is 24.4. The van der Waals surface area contributed by atoms with Crippen molar-refractivity contribution < 1.29 is 0 Å². The average molecular weight is 432 g/mol. The van der Waals surface area contributed by atoms with E-state index in [0.29, 0.717) is 16.1 Å². The van der Waals surface area contributed by atoms with Crippen LogP contribution in [0.25, 0.3) is 0 Å². The summed E-state index contributed by atoms with van der Waals surface area (Å²) < 4.78 is 0. The number of aryl methyl sites for hydroxylation is 1. The molecule has 160 valence electrons. The second-order valence-electron chi connectivity index (χ2n) is 8.38. The van der Waals surface area contributed by atoms with Gasteiger partial charge < -0.3 is 0 Å². The molecule has 2 aromatic rings. The highest BCUT2D eigenvalue weighted by atomic mass is 35.5. The fraction of sp³-hybridized carbons (Fsp3) is 0.556. The lowest BCUT2D eigenvalue weighted by Crippen LogP contribution is -2.15. The van der Waals surface area contributed by atoms with Crippen LogP contribution in [0.2, 0.25) is 0 Å². The Balaban J connectivity index is 1.86. The molecule has 2 aromatic carbocycles. The third kappa shape index (κ3) is 8.38. The van der Waals surface area contributed by atoms with Crippen LogP contribution in [0.1, 0.15) is 91.7 Å². The first-order valence-corrected chi connectivity index (χ1v) is 13.8. The third-order valence-electron chi connectivity index (χ3n) is 5.88. The van der Waals surface area contributed by atoms with Crippen molar-refractivity contribution in [2.75, 3.05) is 12.0 Å². The molecule has 0 saturated carbocycles. The van der Waals surface area contributed by atoms with Gasteiger partial charge in [0, 0.05) is 5.56 Å². The van der Waals surface area contributed by atoms with Crippen molar-refractivity contribution in [3.63, 3.8) is 0 Å². The number of rotatable bonds is 13. The summed E-state index contributed by atoms with van der Waals surface area (Å²) in [6, 6.07) is 17.9. The Labute approximate surface area is 187 Å². The maximum Gasteiger partial charge on any atom is 0.142 e. The fourth-order valence-electron chi connectivity index (χ4n) is 3.97. The maximum atomic E-state index is 6.68. The molecule has 0 aliphatic rings. The molecule has 0 fully saturated rings. The molecule has 0 bridgehead atoms. The highest BCUT2D eigenvalue weighted by Gasteiger charge is 2.25. The van der Waals surface area contributed by atoms with E-state index in [1.807, 2.05) is 0 Å². The number of benzene rings is 2. The SMILES string of the molecule is CCCCCCCC[S+](C)C(CC)c1ccc(CC(Cl)c2ccc(C)cc2)cc1. The molecule has 0 aromatic heterocycles. The van der Waals surface area contributed by atoms with Crippen molar-refractivity contribution in [3.8, 4) is 0 Å². The zero-order chi connectivity index (χ0) is 21.1. The zero-order valence-electron chi connectivity index (χ0n) is 18.9. The Hall–Kier alpha value is -0.920. The molecule has 0 heterocycles. The van der Waals surface area contributed by atoms with Crippen LogP contribution in [0.5, 0.6) is 0 Å². The molecular weight excluding hydrogens is 392 g/mol. The van der Waals surface area contributed by atoms with Gasteiger partial charge in [0.15, 0.2) is 0 Å². The van der Waals surface area contributed by atoms with Gasteiger partial charge in [-0.25, -0.2) is 0 Å². The summed E-state index contributed by atoms with van der Waals surface area (Å²) in [5, 5.41) is 0.737. The largest absolute Gasteiger partial charge is 0.142 e. The molecule has 3 atom stereocenters.